The SMILES string of the molecule is CCc1cccc(C(NN)c2cc(C)c(F)cc2F)c1. The van der Waals surface area contributed by atoms with Gasteiger partial charge in [0.05, 0.1) is 6.04 Å². The zero-order valence-corrected chi connectivity index (χ0v) is 11.6. The lowest BCUT2D eigenvalue weighted by molar-refractivity contribution is 0.538. The van der Waals surface area contributed by atoms with Crippen molar-refractivity contribution in [2.24, 2.45) is 5.84 Å². The molecule has 2 nitrogen and oxygen atoms in total. The highest BCUT2D eigenvalue weighted by Gasteiger charge is 2.18. The van der Waals surface area contributed by atoms with Crippen LogP contribution in [0.4, 0.5) is 8.78 Å². The molecule has 0 aliphatic carbocycles. The molecule has 0 heterocycles. The molecule has 1 unspecified atom stereocenters. The molecule has 4 heteroatoms. The van der Waals surface area contributed by atoms with Crippen LogP contribution in [0, 0.1) is 18.6 Å². The number of rotatable bonds is 4. The van der Waals surface area contributed by atoms with Crippen LogP contribution in [-0.2, 0) is 6.42 Å². The highest BCUT2D eigenvalue weighted by Crippen LogP contribution is 2.26. The average molecular weight is 276 g/mol. The normalized spacial score (nSPS) is 12.4. The van der Waals surface area contributed by atoms with Gasteiger partial charge in [-0.1, -0.05) is 31.2 Å². The van der Waals surface area contributed by atoms with Gasteiger partial charge >= 0.3 is 0 Å². The van der Waals surface area contributed by atoms with E-state index in [0.717, 1.165) is 23.6 Å². The smallest absolute Gasteiger partial charge is 0.131 e. The van der Waals surface area contributed by atoms with Gasteiger partial charge in [0.2, 0.25) is 0 Å². The minimum absolute atomic E-state index is 0.347. The summed E-state index contributed by atoms with van der Waals surface area (Å²) in [4.78, 5) is 0. The molecule has 0 spiro atoms. The number of hydrogen-bond donors (Lipinski definition) is 2. The monoisotopic (exact) mass is 276 g/mol. The van der Waals surface area contributed by atoms with E-state index in [-0.39, 0.29) is 0 Å². The van der Waals surface area contributed by atoms with Crippen LogP contribution in [0.3, 0.4) is 0 Å². The second-order valence-electron chi connectivity index (χ2n) is 4.82. The molecule has 0 fully saturated rings. The van der Waals surface area contributed by atoms with Crippen LogP contribution in [0.15, 0.2) is 36.4 Å². The van der Waals surface area contributed by atoms with E-state index in [9.17, 15) is 8.78 Å². The van der Waals surface area contributed by atoms with Crippen molar-refractivity contribution in [3.05, 3.63) is 70.3 Å². The fourth-order valence-corrected chi connectivity index (χ4v) is 2.26. The van der Waals surface area contributed by atoms with Gasteiger partial charge in [-0.15, -0.1) is 0 Å². The Kier molecular flexibility index (Phi) is 4.47. The fourth-order valence-electron chi connectivity index (χ4n) is 2.26. The molecule has 0 saturated heterocycles. The van der Waals surface area contributed by atoms with E-state index in [1.165, 1.54) is 6.07 Å². The topological polar surface area (TPSA) is 38.0 Å². The Balaban J connectivity index is 2.49. The third-order valence-corrected chi connectivity index (χ3v) is 3.45. The van der Waals surface area contributed by atoms with Crippen LogP contribution in [0.25, 0.3) is 0 Å². The second-order valence-corrected chi connectivity index (χ2v) is 4.82. The van der Waals surface area contributed by atoms with E-state index in [1.807, 2.05) is 31.2 Å². The van der Waals surface area contributed by atoms with Gasteiger partial charge in [-0.3, -0.25) is 5.84 Å². The first-order valence-corrected chi connectivity index (χ1v) is 6.57. The second kappa shape index (κ2) is 6.11. The Labute approximate surface area is 117 Å². The fraction of sp³-hybridized carbons (Fsp3) is 0.250. The lowest BCUT2D eigenvalue weighted by Crippen LogP contribution is -2.29. The molecule has 0 amide bonds. The van der Waals surface area contributed by atoms with Crippen LogP contribution in [0.5, 0.6) is 0 Å². The maximum Gasteiger partial charge on any atom is 0.131 e. The van der Waals surface area contributed by atoms with Crippen molar-refractivity contribution < 1.29 is 8.78 Å². The summed E-state index contributed by atoms with van der Waals surface area (Å²) in [6.45, 7) is 3.65. The van der Waals surface area contributed by atoms with Crippen molar-refractivity contribution in [3.8, 4) is 0 Å². The maximum absolute atomic E-state index is 14.0. The predicted octanol–water partition coefficient (Wildman–Crippen LogP) is 3.39. The van der Waals surface area contributed by atoms with E-state index < -0.39 is 17.7 Å². The summed E-state index contributed by atoms with van der Waals surface area (Å²) in [5.74, 6) is 4.42. The Morgan fingerprint density at radius 2 is 1.90 bits per heavy atom. The van der Waals surface area contributed by atoms with Crippen molar-refractivity contribution in [3.63, 3.8) is 0 Å². The lowest BCUT2D eigenvalue weighted by atomic mass is 9.95. The van der Waals surface area contributed by atoms with Gasteiger partial charge in [-0.25, -0.2) is 14.2 Å². The van der Waals surface area contributed by atoms with Gasteiger partial charge in [0.15, 0.2) is 0 Å². The number of hydrazine groups is 1. The largest absolute Gasteiger partial charge is 0.271 e. The Bertz CT molecular complexity index is 611. The number of hydrogen-bond acceptors (Lipinski definition) is 2. The van der Waals surface area contributed by atoms with Crippen molar-refractivity contribution in [1.82, 2.24) is 5.43 Å². The summed E-state index contributed by atoms with van der Waals surface area (Å²) in [6.07, 6.45) is 0.885. The molecule has 0 radical (unpaired) electrons. The molecule has 2 rings (SSSR count). The van der Waals surface area contributed by atoms with E-state index in [2.05, 4.69) is 5.43 Å². The van der Waals surface area contributed by atoms with E-state index in [0.29, 0.717) is 11.1 Å². The molecule has 0 aliphatic heterocycles. The molecule has 1 atom stereocenters. The molecule has 2 aromatic carbocycles. The van der Waals surface area contributed by atoms with E-state index in [1.54, 1.807) is 6.92 Å². The summed E-state index contributed by atoms with van der Waals surface area (Å²) >= 11 is 0. The molecule has 20 heavy (non-hydrogen) atoms. The number of nitrogens with one attached hydrogen (secondary N) is 1. The first kappa shape index (κ1) is 14.6. The van der Waals surface area contributed by atoms with Crippen LogP contribution in [0.1, 0.15) is 35.2 Å². The Hall–Kier alpha value is -1.78. The van der Waals surface area contributed by atoms with Gasteiger partial charge < -0.3 is 0 Å². The summed E-state index contributed by atoms with van der Waals surface area (Å²) in [5.41, 5.74) is 5.35. The van der Waals surface area contributed by atoms with Gasteiger partial charge in [0, 0.05) is 11.6 Å². The Morgan fingerprint density at radius 3 is 2.55 bits per heavy atom. The number of halogens is 2. The highest BCUT2D eigenvalue weighted by molar-refractivity contribution is 5.37. The molecular formula is C16H18F2N2. The predicted molar refractivity (Wildman–Crippen MR) is 76.1 cm³/mol. The molecule has 3 N–H and O–H groups in total. The molecule has 0 bridgehead atoms. The molecule has 0 aliphatic rings. The molecular weight excluding hydrogens is 258 g/mol. The number of aryl methyl sites for hydroxylation is 2. The van der Waals surface area contributed by atoms with E-state index in [4.69, 9.17) is 5.84 Å². The standard InChI is InChI=1S/C16H18F2N2/c1-3-11-5-4-6-12(8-11)16(20-19)13-7-10(2)14(17)9-15(13)18/h4-9,16,20H,3,19H2,1-2H3. The summed E-state index contributed by atoms with van der Waals surface area (Å²) in [6, 6.07) is 9.66. The minimum atomic E-state index is -0.599. The van der Waals surface area contributed by atoms with Crippen LogP contribution in [-0.4, -0.2) is 0 Å². The Morgan fingerprint density at radius 1 is 1.15 bits per heavy atom. The van der Waals surface area contributed by atoms with Crippen molar-refractivity contribution in [2.75, 3.05) is 0 Å². The molecule has 106 valence electrons. The zero-order valence-electron chi connectivity index (χ0n) is 11.6. The van der Waals surface area contributed by atoms with Gasteiger partial charge in [-0.2, -0.15) is 0 Å². The van der Waals surface area contributed by atoms with Crippen molar-refractivity contribution in [2.45, 2.75) is 26.3 Å². The van der Waals surface area contributed by atoms with Gasteiger partial charge in [0.25, 0.3) is 0 Å². The first-order chi connectivity index (χ1) is 9.56. The van der Waals surface area contributed by atoms with Crippen molar-refractivity contribution >= 4 is 0 Å². The van der Waals surface area contributed by atoms with Crippen LogP contribution < -0.4 is 11.3 Å². The van der Waals surface area contributed by atoms with Gasteiger partial charge in [-0.05, 0) is 36.1 Å². The minimum Gasteiger partial charge on any atom is -0.271 e. The number of nitrogens with two attached hydrogens (primary N) is 1. The lowest BCUT2D eigenvalue weighted by Gasteiger charge is -2.19. The maximum atomic E-state index is 14.0. The quantitative estimate of drug-likeness (QED) is 0.663. The van der Waals surface area contributed by atoms with Crippen LogP contribution >= 0.6 is 0 Å². The van der Waals surface area contributed by atoms with Crippen LogP contribution in [0.2, 0.25) is 0 Å². The summed E-state index contributed by atoms with van der Waals surface area (Å²) in [5, 5.41) is 0. The summed E-state index contributed by atoms with van der Waals surface area (Å²) < 4.78 is 27.4. The molecule has 2 aromatic rings. The van der Waals surface area contributed by atoms with Gasteiger partial charge in [0.1, 0.15) is 11.6 Å². The van der Waals surface area contributed by atoms with E-state index >= 15 is 0 Å². The third kappa shape index (κ3) is 2.86. The molecule has 0 aromatic heterocycles. The molecule has 0 saturated carbocycles. The average Bonchev–Trinajstić information content (AvgIpc) is 2.45. The third-order valence-electron chi connectivity index (χ3n) is 3.45. The highest BCUT2D eigenvalue weighted by atomic mass is 19.1. The van der Waals surface area contributed by atoms with Crippen molar-refractivity contribution in [1.29, 1.82) is 0 Å². The zero-order chi connectivity index (χ0) is 14.7. The number of benzene rings is 2. The first-order valence-electron chi connectivity index (χ1n) is 6.57. The summed E-state index contributed by atoms with van der Waals surface area (Å²) in [7, 11) is 0.